The number of esters is 1. The van der Waals surface area contributed by atoms with Crippen molar-refractivity contribution in [3.63, 3.8) is 0 Å². The van der Waals surface area contributed by atoms with Crippen molar-refractivity contribution in [1.82, 2.24) is 4.98 Å². The second kappa shape index (κ2) is 12.5. The molecule has 1 heterocycles. The zero-order valence-electron chi connectivity index (χ0n) is 20.3. The third-order valence-electron chi connectivity index (χ3n) is 5.18. The first-order valence-electron chi connectivity index (χ1n) is 11.2. The number of hydrogen-bond donors (Lipinski definition) is 1. The fourth-order valence-electron chi connectivity index (χ4n) is 3.35. The van der Waals surface area contributed by atoms with Crippen molar-refractivity contribution >= 4 is 17.7 Å². The summed E-state index contributed by atoms with van der Waals surface area (Å²) >= 11 is 0. The summed E-state index contributed by atoms with van der Waals surface area (Å²) in [4.78, 5) is 28.7. The lowest BCUT2D eigenvalue weighted by atomic mass is 10.0. The number of carbonyl (C=O) groups excluding carboxylic acids is 2. The van der Waals surface area contributed by atoms with E-state index in [0.29, 0.717) is 36.1 Å². The molecule has 3 aromatic rings. The smallest absolute Gasteiger partial charge is 0.339 e. The van der Waals surface area contributed by atoms with Crippen LogP contribution in [0, 0.1) is 0 Å². The van der Waals surface area contributed by atoms with Crippen LogP contribution in [0.5, 0.6) is 11.5 Å². The molecule has 1 amide bonds. The lowest BCUT2D eigenvalue weighted by molar-refractivity contribution is 0.0600. The summed E-state index contributed by atoms with van der Waals surface area (Å²) in [6, 6.07) is 18.2. The highest BCUT2D eigenvalue weighted by molar-refractivity contribution is 6.04. The lowest BCUT2D eigenvalue weighted by Crippen LogP contribution is -2.19. The van der Waals surface area contributed by atoms with Crippen molar-refractivity contribution in [3.8, 4) is 11.5 Å². The molecule has 184 valence electrons. The number of benzene rings is 2. The zero-order chi connectivity index (χ0) is 25.2. The lowest BCUT2D eigenvalue weighted by Gasteiger charge is -2.18. The Morgan fingerprint density at radius 1 is 0.914 bits per heavy atom. The second-order valence-electron chi connectivity index (χ2n) is 8.08. The molecule has 8 heteroatoms. The Labute approximate surface area is 205 Å². The number of carbonyl (C=O) groups is 2. The van der Waals surface area contributed by atoms with Gasteiger partial charge in [0.05, 0.1) is 25.9 Å². The van der Waals surface area contributed by atoms with Gasteiger partial charge in [0.25, 0.3) is 5.91 Å². The summed E-state index contributed by atoms with van der Waals surface area (Å²) in [7, 11) is 2.89. The first-order chi connectivity index (χ1) is 16.9. The SMILES string of the molecule is COC[C@H](C)Oc1cc(OC[C@H](C)c2ccccc2)cc(C(=O)Nc2ccc(C(=O)OC)cn2)c1. The van der Waals surface area contributed by atoms with Crippen LogP contribution in [0.2, 0.25) is 0 Å². The molecule has 0 spiro atoms. The minimum atomic E-state index is -0.503. The number of nitrogens with zero attached hydrogens (tertiary/aromatic N) is 1. The number of hydrogen-bond acceptors (Lipinski definition) is 7. The molecule has 3 rings (SSSR count). The number of methoxy groups -OCH3 is 2. The van der Waals surface area contributed by atoms with Gasteiger partial charge in [0.1, 0.15) is 23.4 Å². The first kappa shape index (κ1) is 25.7. The van der Waals surface area contributed by atoms with Crippen LogP contribution in [0.1, 0.15) is 46.0 Å². The molecule has 0 bridgehead atoms. The standard InChI is InChI=1S/C27H30N2O6/c1-18(20-8-6-5-7-9-20)16-34-23-12-22(13-24(14-23)35-19(2)17-32-3)26(30)29-25-11-10-21(15-28-25)27(31)33-4/h5-15,18-19H,16-17H2,1-4H3,(H,28,29,30)/t18-,19-/m0/s1. The van der Waals surface area contributed by atoms with E-state index in [0.717, 1.165) is 5.56 Å². The van der Waals surface area contributed by atoms with E-state index >= 15 is 0 Å². The van der Waals surface area contributed by atoms with Gasteiger partial charge in [0.2, 0.25) is 0 Å². The number of amides is 1. The molecule has 0 fully saturated rings. The molecule has 0 aliphatic rings. The van der Waals surface area contributed by atoms with Gasteiger partial charge < -0.3 is 24.3 Å². The first-order valence-corrected chi connectivity index (χ1v) is 11.2. The largest absolute Gasteiger partial charge is 0.493 e. The molecule has 2 aromatic carbocycles. The number of ether oxygens (including phenoxy) is 4. The predicted octanol–water partition coefficient (Wildman–Crippen LogP) is 4.72. The van der Waals surface area contributed by atoms with Crippen molar-refractivity contribution < 1.29 is 28.5 Å². The van der Waals surface area contributed by atoms with Crippen LogP contribution in [0.4, 0.5) is 5.82 Å². The maximum atomic E-state index is 13.0. The van der Waals surface area contributed by atoms with Crippen LogP contribution >= 0.6 is 0 Å². The van der Waals surface area contributed by atoms with Gasteiger partial charge in [0, 0.05) is 30.9 Å². The van der Waals surface area contributed by atoms with Crippen LogP contribution in [0.25, 0.3) is 0 Å². The molecule has 0 aliphatic carbocycles. The van der Waals surface area contributed by atoms with Crippen LogP contribution < -0.4 is 14.8 Å². The Morgan fingerprint density at radius 3 is 2.31 bits per heavy atom. The second-order valence-corrected chi connectivity index (χ2v) is 8.08. The minimum Gasteiger partial charge on any atom is -0.493 e. The van der Waals surface area contributed by atoms with Gasteiger partial charge >= 0.3 is 5.97 Å². The monoisotopic (exact) mass is 478 g/mol. The Bertz CT molecular complexity index is 1120. The molecule has 2 atom stereocenters. The topological polar surface area (TPSA) is 96.0 Å². The molecule has 1 aromatic heterocycles. The van der Waals surface area contributed by atoms with Gasteiger partial charge in [-0.15, -0.1) is 0 Å². The number of nitrogens with one attached hydrogen (secondary N) is 1. The molecule has 1 N–H and O–H groups in total. The van der Waals surface area contributed by atoms with E-state index in [4.69, 9.17) is 14.2 Å². The molecule has 35 heavy (non-hydrogen) atoms. The predicted molar refractivity (Wildman–Crippen MR) is 132 cm³/mol. The molecule has 0 unspecified atom stereocenters. The molecule has 0 aliphatic heterocycles. The van der Waals surface area contributed by atoms with E-state index in [1.807, 2.05) is 25.1 Å². The van der Waals surface area contributed by atoms with E-state index < -0.39 is 11.9 Å². The van der Waals surface area contributed by atoms with Crippen LogP contribution in [0.3, 0.4) is 0 Å². The Balaban J connectivity index is 1.77. The summed E-state index contributed by atoms with van der Waals surface area (Å²) in [6.45, 7) is 4.78. The summed E-state index contributed by atoms with van der Waals surface area (Å²) in [5.74, 6) is 0.545. The molecule has 0 saturated heterocycles. The number of rotatable bonds is 11. The maximum absolute atomic E-state index is 13.0. The fraction of sp³-hybridized carbons (Fsp3) is 0.296. The van der Waals surface area contributed by atoms with Crippen molar-refractivity contribution in [2.24, 2.45) is 0 Å². The molecule has 0 saturated carbocycles. The van der Waals surface area contributed by atoms with Crippen molar-refractivity contribution in [1.29, 1.82) is 0 Å². The zero-order valence-corrected chi connectivity index (χ0v) is 20.3. The average molecular weight is 479 g/mol. The highest BCUT2D eigenvalue weighted by Crippen LogP contribution is 2.26. The quantitative estimate of drug-likeness (QED) is 0.399. The summed E-state index contributed by atoms with van der Waals surface area (Å²) in [6.07, 6.45) is 1.12. The van der Waals surface area contributed by atoms with Gasteiger partial charge in [-0.1, -0.05) is 37.3 Å². The molecule has 0 radical (unpaired) electrons. The fourth-order valence-corrected chi connectivity index (χ4v) is 3.35. The van der Waals surface area contributed by atoms with Crippen molar-refractivity contribution in [2.75, 3.05) is 32.8 Å². The third kappa shape index (κ3) is 7.55. The number of aromatic nitrogens is 1. The Morgan fingerprint density at radius 2 is 1.66 bits per heavy atom. The average Bonchev–Trinajstić information content (AvgIpc) is 2.87. The maximum Gasteiger partial charge on any atom is 0.339 e. The molecular weight excluding hydrogens is 448 g/mol. The molecular formula is C27H30N2O6. The summed E-state index contributed by atoms with van der Waals surface area (Å²) < 4.78 is 21.8. The normalized spacial score (nSPS) is 12.3. The number of anilines is 1. The summed E-state index contributed by atoms with van der Waals surface area (Å²) in [5.41, 5.74) is 1.79. The highest BCUT2D eigenvalue weighted by Gasteiger charge is 2.15. The van der Waals surface area contributed by atoms with Gasteiger partial charge in [-0.25, -0.2) is 9.78 Å². The third-order valence-corrected chi connectivity index (χ3v) is 5.18. The minimum absolute atomic E-state index is 0.156. The van der Waals surface area contributed by atoms with Crippen LogP contribution in [-0.4, -0.2) is 50.4 Å². The van der Waals surface area contributed by atoms with E-state index in [1.54, 1.807) is 25.3 Å². The van der Waals surface area contributed by atoms with Crippen molar-refractivity contribution in [3.05, 3.63) is 83.6 Å². The number of pyridine rings is 1. The van der Waals surface area contributed by atoms with Crippen LogP contribution in [0.15, 0.2) is 66.9 Å². The van der Waals surface area contributed by atoms with E-state index in [9.17, 15) is 9.59 Å². The summed E-state index contributed by atoms with van der Waals surface area (Å²) in [5, 5.41) is 2.73. The van der Waals surface area contributed by atoms with E-state index in [1.165, 1.54) is 25.4 Å². The van der Waals surface area contributed by atoms with E-state index in [-0.39, 0.29) is 17.6 Å². The highest BCUT2D eigenvalue weighted by atomic mass is 16.5. The Kier molecular flexibility index (Phi) is 9.20. The van der Waals surface area contributed by atoms with Crippen LogP contribution in [-0.2, 0) is 9.47 Å². The van der Waals surface area contributed by atoms with Gasteiger partial charge in [-0.05, 0) is 36.8 Å². The Hall–Kier alpha value is -3.91. The van der Waals surface area contributed by atoms with Gasteiger partial charge in [0.15, 0.2) is 0 Å². The van der Waals surface area contributed by atoms with Crippen molar-refractivity contribution in [2.45, 2.75) is 25.9 Å². The molecule has 8 nitrogen and oxygen atoms in total. The van der Waals surface area contributed by atoms with Gasteiger partial charge in [-0.2, -0.15) is 0 Å². The van der Waals surface area contributed by atoms with Gasteiger partial charge in [-0.3, -0.25) is 4.79 Å². The van der Waals surface area contributed by atoms with E-state index in [2.05, 4.69) is 34.1 Å².